The molecule has 0 saturated carbocycles. The summed E-state index contributed by atoms with van der Waals surface area (Å²) in [7, 11) is 0. The summed E-state index contributed by atoms with van der Waals surface area (Å²) >= 11 is 3.57. The molecule has 0 radical (unpaired) electrons. The molecule has 0 aliphatic carbocycles. The molecule has 0 bridgehead atoms. The molecule has 2 N–H and O–H groups in total. The molecule has 3 nitrogen and oxygen atoms in total. The zero-order valence-corrected chi connectivity index (χ0v) is 13.7. The molecule has 2 rings (SSSR count). The van der Waals surface area contributed by atoms with Crippen LogP contribution in [0.5, 0.6) is 0 Å². The first-order chi connectivity index (χ1) is 8.71. The van der Waals surface area contributed by atoms with Crippen molar-refractivity contribution in [3.63, 3.8) is 0 Å². The zero-order chi connectivity index (χ0) is 14.4. The third-order valence-electron chi connectivity index (χ3n) is 3.16. The minimum absolute atomic E-state index is 0.0457. The smallest absolute Gasteiger partial charge is 0.141 e. The summed E-state index contributed by atoms with van der Waals surface area (Å²) in [5.74, 6) is 0.652. The van der Waals surface area contributed by atoms with Gasteiger partial charge in [-0.15, -0.1) is 0 Å². The van der Waals surface area contributed by atoms with Crippen molar-refractivity contribution in [2.45, 2.75) is 40.0 Å². The molecule has 0 unspecified atom stereocenters. The summed E-state index contributed by atoms with van der Waals surface area (Å²) in [4.78, 5) is 0. The lowest BCUT2D eigenvalue weighted by atomic mass is 9.92. The first kappa shape index (κ1) is 14.1. The summed E-state index contributed by atoms with van der Waals surface area (Å²) in [6, 6.07) is 6.30. The molecular weight excluding hydrogens is 302 g/mol. The van der Waals surface area contributed by atoms with E-state index in [1.165, 1.54) is 5.56 Å². The van der Waals surface area contributed by atoms with Gasteiger partial charge in [0.2, 0.25) is 0 Å². The monoisotopic (exact) mass is 321 g/mol. The van der Waals surface area contributed by atoms with E-state index in [1.807, 2.05) is 4.68 Å². The molecule has 2 aromatic rings. The fraction of sp³-hybridized carbons (Fsp3) is 0.400. The van der Waals surface area contributed by atoms with Gasteiger partial charge in [-0.3, -0.25) is 0 Å². The van der Waals surface area contributed by atoms with Gasteiger partial charge >= 0.3 is 0 Å². The fourth-order valence-corrected chi connectivity index (χ4v) is 2.86. The number of hydrogen-bond acceptors (Lipinski definition) is 2. The van der Waals surface area contributed by atoms with Crippen molar-refractivity contribution in [1.82, 2.24) is 9.78 Å². The average Bonchev–Trinajstić information content (AvgIpc) is 2.59. The molecule has 0 atom stereocenters. The maximum absolute atomic E-state index is 6.20. The SMILES string of the molecule is Cc1ccc(C)c(-n2nc(C(C)(C)C)c(Br)c2N)c1. The zero-order valence-electron chi connectivity index (χ0n) is 12.1. The van der Waals surface area contributed by atoms with Gasteiger partial charge in [-0.05, 0) is 47.0 Å². The van der Waals surface area contributed by atoms with Crippen LogP contribution in [-0.4, -0.2) is 9.78 Å². The summed E-state index contributed by atoms with van der Waals surface area (Å²) in [6.45, 7) is 10.5. The van der Waals surface area contributed by atoms with Gasteiger partial charge in [0.15, 0.2) is 0 Å². The standard InChI is InChI=1S/C15H20BrN3/c1-9-6-7-10(2)11(8-9)19-14(17)12(16)13(18-19)15(3,4)5/h6-8H,17H2,1-5H3. The van der Waals surface area contributed by atoms with Crippen molar-refractivity contribution in [1.29, 1.82) is 0 Å². The Balaban J connectivity index is 2.67. The number of aromatic nitrogens is 2. The first-order valence-electron chi connectivity index (χ1n) is 6.34. The second-order valence-electron chi connectivity index (χ2n) is 6.00. The molecule has 0 saturated heterocycles. The van der Waals surface area contributed by atoms with Crippen LogP contribution in [0.2, 0.25) is 0 Å². The summed E-state index contributed by atoms with van der Waals surface area (Å²) in [5.41, 5.74) is 10.5. The Labute approximate surface area is 122 Å². The molecular formula is C15H20BrN3. The number of rotatable bonds is 1. The minimum atomic E-state index is -0.0457. The van der Waals surface area contributed by atoms with E-state index in [2.05, 4.69) is 68.7 Å². The summed E-state index contributed by atoms with van der Waals surface area (Å²) < 4.78 is 2.72. The van der Waals surface area contributed by atoms with Crippen LogP contribution in [0, 0.1) is 13.8 Å². The Bertz CT molecular complexity index is 621. The van der Waals surface area contributed by atoms with Gasteiger partial charge < -0.3 is 5.73 Å². The molecule has 4 heteroatoms. The van der Waals surface area contributed by atoms with Crippen LogP contribution < -0.4 is 5.73 Å². The second-order valence-corrected chi connectivity index (χ2v) is 6.79. The highest BCUT2D eigenvalue weighted by atomic mass is 79.9. The maximum Gasteiger partial charge on any atom is 0.141 e. The van der Waals surface area contributed by atoms with Crippen LogP contribution in [0.3, 0.4) is 0 Å². The van der Waals surface area contributed by atoms with Gasteiger partial charge in [0.05, 0.1) is 15.9 Å². The predicted molar refractivity (Wildman–Crippen MR) is 83.9 cm³/mol. The average molecular weight is 322 g/mol. The van der Waals surface area contributed by atoms with Crippen molar-refractivity contribution in [3.05, 3.63) is 39.5 Å². The fourth-order valence-electron chi connectivity index (χ4n) is 2.02. The Morgan fingerprint density at radius 3 is 2.37 bits per heavy atom. The summed E-state index contributed by atoms with van der Waals surface area (Å²) in [6.07, 6.45) is 0. The Morgan fingerprint density at radius 1 is 1.21 bits per heavy atom. The number of hydrogen-bond donors (Lipinski definition) is 1. The lowest BCUT2D eigenvalue weighted by molar-refractivity contribution is 0.558. The van der Waals surface area contributed by atoms with Gasteiger partial charge in [0.25, 0.3) is 0 Å². The molecule has 1 heterocycles. The lowest BCUT2D eigenvalue weighted by Crippen LogP contribution is -2.13. The van der Waals surface area contributed by atoms with Crippen LogP contribution >= 0.6 is 15.9 Å². The third kappa shape index (κ3) is 2.54. The molecule has 0 spiro atoms. The van der Waals surface area contributed by atoms with Gasteiger partial charge in [-0.25, -0.2) is 4.68 Å². The van der Waals surface area contributed by atoms with Crippen molar-refractivity contribution >= 4 is 21.7 Å². The molecule has 0 amide bonds. The van der Waals surface area contributed by atoms with Crippen molar-refractivity contribution < 1.29 is 0 Å². The normalized spacial score (nSPS) is 11.9. The van der Waals surface area contributed by atoms with Gasteiger partial charge in [-0.1, -0.05) is 32.9 Å². The van der Waals surface area contributed by atoms with Crippen LogP contribution in [0.25, 0.3) is 5.69 Å². The van der Waals surface area contributed by atoms with Gasteiger partial charge in [0.1, 0.15) is 5.82 Å². The van der Waals surface area contributed by atoms with Crippen LogP contribution in [0.15, 0.2) is 22.7 Å². The molecule has 1 aromatic heterocycles. The van der Waals surface area contributed by atoms with Gasteiger partial charge in [0, 0.05) is 5.41 Å². The van der Waals surface area contributed by atoms with E-state index in [0.717, 1.165) is 21.4 Å². The Hall–Kier alpha value is -1.29. The molecule has 0 aliphatic rings. The largest absolute Gasteiger partial charge is 0.383 e. The van der Waals surface area contributed by atoms with Crippen LogP contribution in [-0.2, 0) is 5.41 Å². The highest BCUT2D eigenvalue weighted by Gasteiger charge is 2.25. The quantitative estimate of drug-likeness (QED) is 0.858. The Kier molecular flexibility index (Phi) is 3.47. The topological polar surface area (TPSA) is 43.8 Å². The van der Waals surface area contributed by atoms with Crippen molar-refractivity contribution in [2.24, 2.45) is 0 Å². The van der Waals surface area contributed by atoms with Gasteiger partial charge in [-0.2, -0.15) is 5.10 Å². The number of halogens is 1. The first-order valence-corrected chi connectivity index (χ1v) is 7.13. The Morgan fingerprint density at radius 2 is 1.84 bits per heavy atom. The number of benzene rings is 1. The molecule has 102 valence electrons. The number of nitrogens with zero attached hydrogens (tertiary/aromatic N) is 2. The number of aryl methyl sites for hydroxylation is 2. The molecule has 0 aliphatic heterocycles. The van der Waals surface area contributed by atoms with E-state index in [9.17, 15) is 0 Å². The van der Waals surface area contributed by atoms with Crippen LogP contribution in [0.4, 0.5) is 5.82 Å². The van der Waals surface area contributed by atoms with Crippen molar-refractivity contribution in [2.75, 3.05) is 5.73 Å². The van der Waals surface area contributed by atoms with E-state index in [1.54, 1.807) is 0 Å². The van der Waals surface area contributed by atoms with E-state index >= 15 is 0 Å². The second kappa shape index (κ2) is 4.67. The molecule has 19 heavy (non-hydrogen) atoms. The predicted octanol–water partition coefficient (Wildman–Crippen LogP) is 4.13. The van der Waals surface area contributed by atoms with E-state index in [0.29, 0.717) is 5.82 Å². The highest BCUT2D eigenvalue weighted by Crippen LogP contribution is 2.34. The number of anilines is 1. The van der Waals surface area contributed by atoms with Crippen LogP contribution in [0.1, 0.15) is 37.6 Å². The minimum Gasteiger partial charge on any atom is -0.383 e. The molecule has 0 fully saturated rings. The van der Waals surface area contributed by atoms with E-state index in [-0.39, 0.29) is 5.41 Å². The van der Waals surface area contributed by atoms with Crippen molar-refractivity contribution in [3.8, 4) is 5.69 Å². The third-order valence-corrected chi connectivity index (χ3v) is 3.95. The maximum atomic E-state index is 6.20. The highest BCUT2D eigenvalue weighted by molar-refractivity contribution is 9.10. The lowest BCUT2D eigenvalue weighted by Gasteiger charge is -2.15. The van der Waals surface area contributed by atoms with E-state index in [4.69, 9.17) is 10.8 Å². The number of nitrogens with two attached hydrogens (primary N) is 1. The number of nitrogen functional groups attached to an aromatic ring is 1. The van der Waals surface area contributed by atoms with E-state index < -0.39 is 0 Å². The molecule has 1 aromatic carbocycles. The summed E-state index contributed by atoms with van der Waals surface area (Å²) in [5, 5.41) is 4.70.